The molecule has 93 heavy (non-hydrogen) atoms. The molecule has 36 heteroatoms. The molecule has 10 amide bonds. The van der Waals surface area contributed by atoms with Crippen LogP contribution in [0, 0.1) is 13.8 Å². The van der Waals surface area contributed by atoms with Gasteiger partial charge in [-0.25, -0.2) is 34.7 Å². The molecule has 13 N–H and O–H groups in total. The Bertz CT molecular complexity index is 4270. The van der Waals surface area contributed by atoms with Crippen LogP contribution in [0.2, 0.25) is 0 Å². The van der Waals surface area contributed by atoms with Crippen LogP contribution in [0.25, 0.3) is 39.1 Å². The molecule has 6 aromatic rings. The van der Waals surface area contributed by atoms with Gasteiger partial charge in [0.05, 0.1) is 40.7 Å². The summed E-state index contributed by atoms with van der Waals surface area (Å²) in [5.74, 6) is -13.1. The summed E-state index contributed by atoms with van der Waals surface area (Å²) in [7, 11) is 1.25. The highest BCUT2D eigenvalue weighted by atomic mass is 32.1. The first kappa shape index (κ1) is 68.5. The number of methoxy groups -OCH3 is 1. The van der Waals surface area contributed by atoms with Crippen LogP contribution in [0.1, 0.15) is 114 Å². The summed E-state index contributed by atoms with van der Waals surface area (Å²) >= 11 is 1.78. The Kier molecular flexibility index (Phi) is 21.4. The number of carbonyl (C=O) groups is 11. The fraction of sp³-hybridized carbons (Fsp3) is 0.175. The highest BCUT2D eigenvalue weighted by Crippen LogP contribution is 2.34. The largest absolute Gasteiger partial charge is 0.477 e. The van der Waals surface area contributed by atoms with Gasteiger partial charge in [0.2, 0.25) is 23.6 Å². The zero-order valence-corrected chi connectivity index (χ0v) is 51.2. The average molecular weight is 1320 g/mol. The van der Waals surface area contributed by atoms with Gasteiger partial charge in [-0.2, -0.15) is 0 Å². The van der Waals surface area contributed by atoms with E-state index in [0.717, 1.165) is 41.1 Å². The van der Waals surface area contributed by atoms with Gasteiger partial charge >= 0.3 is 5.97 Å². The molecule has 1 aliphatic rings. The van der Waals surface area contributed by atoms with Gasteiger partial charge in [0.25, 0.3) is 53.2 Å². The Morgan fingerprint density at radius 3 is 1.80 bits per heavy atom. The fourth-order valence-corrected chi connectivity index (χ4v) is 9.24. The Balaban J connectivity index is 1.21. The van der Waals surface area contributed by atoms with E-state index in [1.165, 1.54) is 64.6 Å². The second-order valence-electron chi connectivity index (χ2n) is 19.2. The highest BCUT2D eigenvalue weighted by Gasteiger charge is 2.33. The molecular weight excluding hydrogens is 1260 g/mol. The Labute approximate surface area is 531 Å². The van der Waals surface area contributed by atoms with Crippen molar-refractivity contribution >= 4 is 105 Å². The van der Waals surface area contributed by atoms with Gasteiger partial charge in [-0.3, -0.25) is 47.9 Å². The molecule has 0 aromatic carbocycles. The van der Waals surface area contributed by atoms with Crippen molar-refractivity contribution in [3.8, 4) is 22.0 Å². The minimum atomic E-state index is -1.76. The van der Waals surface area contributed by atoms with E-state index in [9.17, 15) is 63.0 Å². The zero-order valence-electron chi connectivity index (χ0n) is 49.6. The van der Waals surface area contributed by atoms with Crippen molar-refractivity contribution in [1.29, 1.82) is 0 Å². The number of amides is 10. The van der Waals surface area contributed by atoms with Crippen LogP contribution in [0.5, 0.6) is 0 Å². The summed E-state index contributed by atoms with van der Waals surface area (Å²) in [5, 5.41) is 55.9. The molecule has 482 valence electrons. The van der Waals surface area contributed by atoms with Gasteiger partial charge in [0.15, 0.2) is 17.6 Å². The topological polar surface area (TPSA) is 495 Å². The number of nitrogens with one attached hydrogen (secondary N) is 10. The summed E-state index contributed by atoms with van der Waals surface area (Å²) in [6, 6.07) is 0.701. The number of nitrogens with zero attached hydrogens (tertiary/aromatic N) is 6. The maximum atomic E-state index is 14.0. The molecule has 4 atom stereocenters. The lowest BCUT2D eigenvalue weighted by atomic mass is 10.1. The predicted molar refractivity (Wildman–Crippen MR) is 324 cm³/mol. The van der Waals surface area contributed by atoms with E-state index in [2.05, 4.69) is 112 Å². The molecule has 0 fully saturated rings. The van der Waals surface area contributed by atoms with Crippen LogP contribution in [0.4, 0.5) is 0 Å². The van der Waals surface area contributed by atoms with Gasteiger partial charge in [-0.1, -0.05) is 45.5 Å². The van der Waals surface area contributed by atoms with E-state index in [1.807, 2.05) is 10.6 Å². The van der Waals surface area contributed by atoms with Crippen LogP contribution in [0.3, 0.4) is 0 Å². The number of pyridine rings is 1. The number of ether oxygens (including phenoxy) is 1. The second kappa shape index (κ2) is 29.1. The van der Waals surface area contributed by atoms with Crippen molar-refractivity contribution in [3.05, 3.63) is 172 Å². The normalized spacial score (nSPS) is 16.6. The molecular formula is C57H54N16O18S2. The number of oxazole rings is 3. The predicted octanol–water partition coefficient (Wildman–Crippen LogP) is 1.35. The maximum absolute atomic E-state index is 14.0. The number of hydrogen-bond donors (Lipinski definition) is 13. The maximum Gasteiger partial charge on any atom is 0.351 e. The van der Waals surface area contributed by atoms with Crippen LogP contribution in [-0.4, -0.2) is 136 Å². The number of carboxylic acid groups (broad SMARTS) is 1. The van der Waals surface area contributed by atoms with Crippen molar-refractivity contribution in [2.75, 3.05) is 7.11 Å². The molecule has 0 saturated carbocycles. The lowest BCUT2D eigenvalue weighted by Gasteiger charge is -2.21. The van der Waals surface area contributed by atoms with Crippen LogP contribution in [0.15, 0.2) is 123 Å². The summed E-state index contributed by atoms with van der Waals surface area (Å²) < 4.78 is 22.7. The van der Waals surface area contributed by atoms with Crippen molar-refractivity contribution in [1.82, 2.24) is 83.1 Å². The SMILES string of the molecule is C=C(NC(=O)C(=C)NC(=O)C(=C)NC(=O)C(=C)NC(=O)c1ccc2c(n1)-c1coc(n1)C(=C)NC(=O)C(=C)NC(=O)c1nc(oc1C)/C(=C/C)NC(=O)c1csc(n1)C(OC)NC(=O)c1nc(oc1C)/C(=C/C(C)O)NC(=O)[C@H]([C@H](C)O)NC(=O)c1csc-2n1)C(=O)O. The standard InChI is InChI=1S/C57H54N16O18S2/c1-13-31-52-71-38(28(10)90-52)49(84)61-24(6)43(78)62-25(7)51-67-34(17-89-51)40-30(14-15-32(64-40)45(80)60-23(5)42(77)58-21(3)41(76)59-22(4)44(79)63-26(8)57(86)87)55-68-36(18-92-55)47(82)70-37(27(9)75)48(83)66-33(16-20(2)74)53-72-39(29(11)91-53)50(85)73-54(88-12)56-69-35(19-93-56)46(81)65-31/h13-20,27,37,54,74-75H,3-8H2,1-2,9-12H3,(H,58,77)(H,59,76)(H,60,80)(H,61,84)(H,62,78)(H,63,79)(H,65,81)(H,66,83)(H,70,82)(H,73,85)(H,86,87)/b31-13-,33-16-/t20?,27-,37-,54?/m0/s1. The Morgan fingerprint density at radius 2 is 1.20 bits per heavy atom. The number of aliphatic hydroxyl groups is 2. The molecule has 6 aromatic heterocycles. The molecule has 2 unspecified atom stereocenters. The third-order valence-corrected chi connectivity index (χ3v) is 14.0. The summed E-state index contributed by atoms with van der Waals surface area (Å²) in [6.07, 6.45) is -0.648. The highest BCUT2D eigenvalue weighted by molar-refractivity contribution is 7.13. The third-order valence-electron chi connectivity index (χ3n) is 12.3. The number of rotatable bonds is 12. The number of aromatic nitrogens is 6. The third kappa shape index (κ3) is 16.5. The summed E-state index contributed by atoms with van der Waals surface area (Å²) in [5.41, 5.74) is -5.86. The van der Waals surface area contributed by atoms with Crippen LogP contribution >= 0.6 is 22.7 Å². The number of fused-ring (bicyclic) bond motifs is 13. The van der Waals surface area contributed by atoms with E-state index in [0.29, 0.717) is 0 Å². The smallest absolute Gasteiger partial charge is 0.351 e. The van der Waals surface area contributed by atoms with Gasteiger partial charge < -0.3 is 86.5 Å². The van der Waals surface area contributed by atoms with E-state index in [4.69, 9.17) is 23.1 Å². The van der Waals surface area contributed by atoms with E-state index in [1.54, 1.807) is 0 Å². The molecule has 0 aliphatic carbocycles. The summed E-state index contributed by atoms with van der Waals surface area (Å²) in [4.78, 5) is 171. The second-order valence-corrected chi connectivity index (χ2v) is 21.0. The van der Waals surface area contributed by atoms with Gasteiger partial charge in [0.1, 0.15) is 79.4 Å². The first-order valence-electron chi connectivity index (χ1n) is 26.5. The number of aryl methyl sites for hydroxylation is 2. The molecule has 10 bridgehead atoms. The van der Waals surface area contributed by atoms with Crippen molar-refractivity contribution in [2.45, 2.75) is 59.1 Å². The van der Waals surface area contributed by atoms with E-state index < -0.39 is 130 Å². The van der Waals surface area contributed by atoms with E-state index in [-0.39, 0.29) is 90.1 Å². The lowest BCUT2D eigenvalue weighted by Crippen LogP contribution is -2.52. The van der Waals surface area contributed by atoms with E-state index >= 15 is 0 Å². The minimum Gasteiger partial charge on any atom is -0.477 e. The molecule has 0 saturated heterocycles. The van der Waals surface area contributed by atoms with Gasteiger partial charge in [-0.05, 0) is 52.8 Å². The van der Waals surface area contributed by atoms with Crippen molar-refractivity contribution in [3.63, 3.8) is 0 Å². The molecule has 1 aliphatic heterocycles. The van der Waals surface area contributed by atoms with Crippen LogP contribution < -0.4 is 53.2 Å². The number of hydrogen-bond acceptors (Lipinski definition) is 25. The first-order chi connectivity index (χ1) is 43.9. The number of allylic oxidation sites excluding steroid dienone is 1. The van der Waals surface area contributed by atoms with Crippen molar-refractivity contribution < 1.29 is 86.0 Å². The monoisotopic (exact) mass is 1310 g/mol. The summed E-state index contributed by atoms with van der Waals surface area (Å²) in [6.45, 7) is 27.6. The number of thiazole rings is 2. The number of carbonyl (C=O) groups excluding carboxylic acids is 10. The fourth-order valence-electron chi connectivity index (χ4n) is 7.60. The molecule has 0 radical (unpaired) electrons. The number of carboxylic acids is 1. The molecule has 34 nitrogen and oxygen atoms in total. The average Bonchev–Trinajstić information content (AvgIpc) is 1.74. The Hall–Kier alpha value is -12.0. The molecule has 0 spiro atoms. The van der Waals surface area contributed by atoms with Gasteiger partial charge in [0, 0.05) is 23.4 Å². The minimum absolute atomic E-state index is 0.00676. The zero-order chi connectivity index (χ0) is 68.4. The van der Waals surface area contributed by atoms with Crippen LogP contribution in [-0.2, 0) is 33.5 Å². The number of aliphatic carboxylic acids is 1. The first-order valence-corrected chi connectivity index (χ1v) is 28.2. The van der Waals surface area contributed by atoms with Gasteiger partial charge in [-0.15, -0.1) is 22.7 Å². The molecule has 7 rings (SSSR count). The van der Waals surface area contributed by atoms with Crippen molar-refractivity contribution in [2.24, 2.45) is 0 Å². The Morgan fingerprint density at radius 1 is 0.634 bits per heavy atom. The molecule has 7 heterocycles. The lowest BCUT2D eigenvalue weighted by molar-refractivity contribution is -0.134. The number of aliphatic hydroxyl groups excluding tert-OH is 2. The quantitative estimate of drug-likeness (QED) is 0.0769.